The van der Waals surface area contributed by atoms with Crippen LogP contribution in [0.15, 0.2) is 24.5 Å². The van der Waals surface area contributed by atoms with Crippen LogP contribution in [0.1, 0.15) is 32.3 Å². The summed E-state index contributed by atoms with van der Waals surface area (Å²) in [6, 6.07) is 4.67. The molecule has 0 fully saturated rings. The van der Waals surface area contributed by atoms with Crippen molar-refractivity contribution < 1.29 is 4.74 Å². The van der Waals surface area contributed by atoms with Gasteiger partial charge in [-0.3, -0.25) is 4.98 Å². The van der Waals surface area contributed by atoms with Gasteiger partial charge in [0.15, 0.2) is 0 Å². The van der Waals surface area contributed by atoms with Crippen molar-refractivity contribution in [2.45, 2.75) is 39.2 Å². The van der Waals surface area contributed by atoms with Crippen LogP contribution in [0.3, 0.4) is 0 Å². The summed E-state index contributed by atoms with van der Waals surface area (Å²) in [5, 5.41) is 3.52. The van der Waals surface area contributed by atoms with Crippen molar-refractivity contribution >= 4 is 0 Å². The average Bonchev–Trinajstić information content (AvgIpc) is 2.36. The molecule has 0 saturated carbocycles. The first kappa shape index (κ1) is 14.1. The molecule has 0 spiro atoms. The highest BCUT2D eigenvalue weighted by Gasteiger charge is 2.07. The molecule has 0 aliphatic carbocycles. The first-order chi connectivity index (χ1) is 8.36. The van der Waals surface area contributed by atoms with Crippen molar-refractivity contribution in [2.24, 2.45) is 0 Å². The summed E-state index contributed by atoms with van der Waals surface area (Å²) in [4.78, 5) is 4.16. The van der Waals surface area contributed by atoms with E-state index in [1.165, 1.54) is 5.56 Å². The monoisotopic (exact) mass is 236 g/mol. The van der Waals surface area contributed by atoms with E-state index >= 15 is 0 Å². The second-order valence-electron chi connectivity index (χ2n) is 4.16. The molecule has 1 atom stereocenters. The van der Waals surface area contributed by atoms with Gasteiger partial charge in [0.2, 0.25) is 0 Å². The molecule has 1 rings (SSSR count). The number of likely N-dealkylation sites (N-methyl/N-ethyl adjacent to an activating group) is 1. The summed E-state index contributed by atoms with van der Waals surface area (Å²) >= 11 is 0. The number of ether oxygens (including phenoxy) is 1. The van der Waals surface area contributed by atoms with Crippen LogP contribution >= 0.6 is 0 Å². The lowest BCUT2D eigenvalue weighted by atomic mass is 10.0. The van der Waals surface area contributed by atoms with Crippen LogP contribution in [-0.2, 0) is 11.2 Å². The zero-order valence-electron chi connectivity index (χ0n) is 11.0. The fraction of sp³-hybridized carbons (Fsp3) is 0.643. The van der Waals surface area contributed by atoms with Crippen molar-refractivity contribution in [3.05, 3.63) is 30.1 Å². The first-order valence-electron chi connectivity index (χ1n) is 6.56. The Kier molecular flexibility index (Phi) is 7.60. The van der Waals surface area contributed by atoms with E-state index in [-0.39, 0.29) is 0 Å². The van der Waals surface area contributed by atoms with Crippen LogP contribution in [0.25, 0.3) is 0 Å². The van der Waals surface area contributed by atoms with Gasteiger partial charge in [0.1, 0.15) is 0 Å². The Morgan fingerprint density at radius 2 is 2.29 bits per heavy atom. The smallest absolute Gasteiger partial charge is 0.0466 e. The van der Waals surface area contributed by atoms with Crippen LogP contribution < -0.4 is 5.32 Å². The molecule has 1 aromatic heterocycles. The first-order valence-corrected chi connectivity index (χ1v) is 6.56. The van der Waals surface area contributed by atoms with Gasteiger partial charge in [0.25, 0.3) is 0 Å². The van der Waals surface area contributed by atoms with Crippen molar-refractivity contribution in [3.63, 3.8) is 0 Å². The maximum atomic E-state index is 5.37. The van der Waals surface area contributed by atoms with Gasteiger partial charge in [-0.05, 0) is 44.4 Å². The summed E-state index contributed by atoms with van der Waals surface area (Å²) < 4.78 is 5.37. The van der Waals surface area contributed by atoms with E-state index in [1.807, 2.05) is 25.4 Å². The fourth-order valence-electron chi connectivity index (χ4n) is 1.94. The number of rotatable bonds is 9. The lowest BCUT2D eigenvalue weighted by Gasteiger charge is -2.17. The summed E-state index contributed by atoms with van der Waals surface area (Å²) in [6.07, 6.45) is 7.09. The molecule has 1 N–H and O–H groups in total. The van der Waals surface area contributed by atoms with Gasteiger partial charge >= 0.3 is 0 Å². The zero-order valence-corrected chi connectivity index (χ0v) is 11.0. The maximum Gasteiger partial charge on any atom is 0.0466 e. The molecule has 0 aromatic carbocycles. The highest BCUT2D eigenvalue weighted by atomic mass is 16.5. The second-order valence-corrected chi connectivity index (χ2v) is 4.16. The minimum absolute atomic E-state index is 0.532. The van der Waals surface area contributed by atoms with E-state index in [9.17, 15) is 0 Å². The third kappa shape index (κ3) is 6.39. The molecule has 1 aromatic rings. The maximum absolute atomic E-state index is 5.37. The summed E-state index contributed by atoms with van der Waals surface area (Å²) in [5.41, 5.74) is 1.30. The number of hydrogen-bond acceptors (Lipinski definition) is 3. The lowest BCUT2D eigenvalue weighted by Crippen LogP contribution is -2.31. The Labute approximate surface area is 105 Å². The summed E-state index contributed by atoms with van der Waals surface area (Å²) in [5.74, 6) is 0. The van der Waals surface area contributed by atoms with Gasteiger partial charge in [0.05, 0.1) is 0 Å². The van der Waals surface area contributed by atoms with Gasteiger partial charge in [0, 0.05) is 31.6 Å². The van der Waals surface area contributed by atoms with E-state index in [0.717, 1.165) is 39.0 Å². The van der Waals surface area contributed by atoms with Crippen molar-refractivity contribution in [2.75, 3.05) is 19.8 Å². The SMILES string of the molecule is CCNC(CCCOCC)Cc1cccnc1. The highest BCUT2D eigenvalue weighted by molar-refractivity contribution is 5.10. The standard InChI is InChI=1S/C14H24N2O/c1-3-16-14(8-6-10-17-4-2)11-13-7-5-9-15-12-13/h5,7,9,12,14,16H,3-4,6,8,10-11H2,1-2H3. The molecule has 3 heteroatoms. The lowest BCUT2D eigenvalue weighted by molar-refractivity contribution is 0.141. The van der Waals surface area contributed by atoms with Crippen LogP contribution in [0.4, 0.5) is 0 Å². The number of nitrogens with one attached hydrogen (secondary N) is 1. The molecule has 0 aliphatic rings. The number of nitrogens with zero attached hydrogens (tertiary/aromatic N) is 1. The Balaban J connectivity index is 2.32. The number of aromatic nitrogens is 1. The predicted molar refractivity (Wildman–Crippen MR) is 71.1 cm³/mol. The molecule has 17 heavy (non-hydrogen) atoms. The Morgan fingerprint density at radius 3 is 2.94 bits per heavy atom. The Morgan fingerprint density at radius 1 is 1.41 bits per heavy atom. The van der Waals surface area contributed by atoms with E-state index in [1.54, 1.807) is 0 Å². The average molecular weight is 236 g/mol. The van der Waals surface area contributed by atoms with Crippen LogP contribution in [-0.4, -0.2) is 30.8 Å². The molecule has 0 amide bonds. The van der Waals surface area contributed by atoms with Gasteiger partial charge in [-0.15, -0.1) is 0 Å². The molecule has 96 valence electrons. The zero-order chi connectivity index (χ0) is 12.3. The molecule has 0 radical (unpaired) electrons. The normalized spacial score (nSPS) is 12.6. The number of hydrogen-bond donors (Lipinski definition) is 1. The minimum atomic E-state index is 0.532. The van der Waals surface area contributed by atoms with E-state index < -0.39 is 0 Å². The van der Waals surface area contributed by atoms with Gasteiger partial charge in [-0.1, -0.05) is 13.0 Å². The van der Waals surface area contributed by atoms with Crippen molar-refractivity contribution in [1.82, 2.24) is 10.3 Å². The largest absolute Gasteiger partial charge is 0.382 e. The van der Waals surface area contributed by atoms with E-state index in [2.05, 4.69) is 23.3 Å². The highest BCUT2D eigenvalue weighted by Crippen LogP contribution is 2.06. The quantitative estimate of drug-likeness (QED) is 0.669. The van der Waals surface area contributed by atoms with Gasteiger partial charge in [-0.2, -0.15) is 0 Å². The third-order valence-electron chi connectivity index (χ3n) is 2.74. The molecule has 3 nitrogen and oxygen atoms in total. The van der Waals surface area contributed by atoms with Crippen molar-refractivity contribution in [3.8, 4) is 0 Å². The molecule has 0 saturated heterocycles. The molecule has 0 aliphatic heterocycles. The second kappa shape index (κ2) is 9.14. The summed E-state index contributed by atoms with van der Waals surface area (Å²) in [6.45, 7) is 6.88. The fourth-order valence-corrected chi connectivity index (χ4v) is 1.94. The predicted octanol–water partition coefficient (Wildman–Crippen LogP) is 2.42. The minimum Gasteiger partial charge on any atom is -0.382 e. The van der Waals surface area contributed by atoms with Crippen molar-refractivity contribution in [1.29, 1.82) is 0 Å². The molecular formula is C14H24N2O. The molecule has 1 unspecified atom stereocenters. The number of pyridine rings is 1. The van der Waals surface area contributed by atoms with E-state index in [4.69, 9.17) is 4.74 Å². The molecule has 0 bridgehead atoms. The van der Waals surface area contributed by atoms with Gasteiger partial charge in [-0.25, -0.2) is 0 Å². The van der Waals surface area contributed by atoms with Gasteiger partial charge < -0.3 is 10.1 Å². The Hall–Kier alpha value is -0.930. The van der Waals surface area contributed by atoms with Crippen LogP contribution in [0, 0.1) is 0 Å². The topological polar surface area (TPSA) is 34.1 Å². The van der Waals surface area contributed by atoms with Crippen LogP contribution in [0.5, 0.6) is 0 Å². The van der Waals surface area contributed by atoms with Crippen LogP contribution in [0.2, 0.25) is 0 Å². The summed E-state index contributed by atoms with van der Waals surface area (Å²) in [7, 11) is 0. The molecular weight excluding hydrogens is 212 g/mol. The van der Waals surface area contributed by atoms with E-state index in [0.29, 0.717) is 6.04 Å². The Bertz CT molecular complexity index is 277. The third-order valence-corrected chi connectivity index (χ3v) is 2.74. The molecule has 1 heterocycles.